The molecule has 0 saturated carbocycles. The molecule has 1 N–H and O–H groups in total. The lowest BCUT2D eigenvalue weighted by atomic mass is 10.3. The Morgan fingerprint density at radius 2 is 2.00 bits per heavy atom. The fourth-order valence-corrected chi connectivity index (χ4v) is 2.51. The van der Waals surface area contributed by atoms with Gasteiger partial charge >= 0.3 is 0 Å². The number of carbonyl (C=O) groups excluding carboxylic acids is 2. The number of para-hydroxylation sites is 1. The van der Waals surface area contributed by atoms with E-state index in [1.165, 1.54) is 4.90 Å². The highest BCUT2D eigenvalue weighted by Crippen LogP contribution is 2.20. The number of halogens is 1. The van der Waals surface area contributed by atoms with Gasteiger partial charge in [-0.2, -0.15) is 0 Å². The minimum absolute atomic E-state index is 0.0322. The summed E-state index contributed by atoms with van der Waals surface area (Å²) < 4.78 is 6.06. The zero-order chi connectivity index (χ0) is 15.9. The van der Waals surface area contributed by atoms with Gasteiger partial charge in [-0.15, -0.1) is 0 Å². The lowest BCUT2D eigenvalue weighted by molar-refractivity contribution is -0.135. The van der Waals surface area contributed by atoms with Crippen molar-refractivity contribution in [3.8, 4) is 0 Å². The second-order valence-corrected chi connectivity index (χ2v) is 6.02. The molecule has 1 aromatic rings. The Kier molecular flexibility index (Phi) is 6.35. The fraction of sp³-hybridized carbons (Fsp3) is 0.467. The first-order valence-corrected chi connectivity index (χ1v) is 7.94. The second-order valence-electron chi connectivity index (χ2n) is 5.17. The van der Waals surface area contributed by atoms with Crippen molar-refractivity contribution in [3.05, 3.63) is 28.7 Å². The molecule has 1 aromatic carbocycles. The van der Waals surface area contributed by atoms with E-state index < -0.39 is 0 Å². The molecule has 2 rings (SSSR count). The van der Waals surface area contributed by atoms with E-state index in [-0.39, 0.29) is 18.4 Å². The third kappa shape index (κ3) is 5.08. The smallest absolute Gasteiger partial charge is 0.244 e. The van der Waals surface area contributed by atoms with E-state index in [0.717, 1.165) is 17.6 Å². The van der Waals surface area contributed by atoms with Gasteiger partial charge in [-0.3, -0.25) is 14.5 Å². The first kappa shape index (κ1) is 16.9. The molecule has 1 heterocycles. The van der Waals surface area contributed by atoms with E-state index in [2.05, 4.69) is 21.2 Å². The lowest BCUT2D eigenvalue weighted by Crippen LogP contribution is -2.45. The monoisotopic (exact) mass is 369 g/mol. The van der Waals surface area contributed by atoms with Gasteiger partial charge in [-0.25, -0.2) is 0 Å². The number of anilines is 1. The second kappa shape index (κ2) is 8.26. The van der Waals surface area contributed by atoms with Crippen LogP contribution in [0.5, 0.6) is 0 Å². The zero-order valence-electron chi connectivity index (χ0n) is 12.5. The number of amides is 2. The van der Waals surface area contributed by atoms with Gasteiger partial charge in [-0.05, 0) is 28.1 Å². The molecular formula is C15H20BrN3O3. The van der Waals surface area contributed by atoms with Crippen LogP contribution in [0.2, 0.25) is 0 Å². The molecule has 1 aliphatic heterocycles. The van der Waals surface area contributed by atoms with Crippen LogP contribution in [0.15, 0.2) is 28.7 Å². The van der Waals surface area contributed by atoms with Crippen molar-refractivity contribution in [2.24, 2.45) is 0 Å². The van der Waals surface area contributed by atoms with Crippen LogP contribution >= 0.6 is 15.9 Å². The highest BCUT2D eigenvalue weighted by Gasteiger charge is 2.18. The number of hydrogen-bond acceptors (Lipinski definition) is 4. The fourth-order valence-electron chi connectivity index (χ4n) is 2.13. The molecule has 0 aliphatic carbocycles. The van der Waals surface area contributed by atoms with E-state index >= 15 is 0 Å². The minimum atomic E-state index is -0.218. The van der Waals surface area contributed by atoms with Crippen LogP contribution in [0.1, 0.15) is 0 Å². The van der Waals surface area contributed by atoms with E-state index in [4.69, 9.17) is 4.74 Å². The highest BCUT2D eigenvalue weighted by atomic mass is 79.9. The summed E-state index contributed by atoms with van der Waals surface area (Å²) in [5, 5.41) is 2.79. The number of hydrogen-bond donors (Lipinski definition) is 1. The van der Waals surface area contributed by atoms with Crippen molar-refractivity contribution in [1.82, 2.24) is 9.80 Å². The molecule has 6 nitrogen and oxygen atoms in total. The van der Waals surface area contributed by atoms with Gasteiger partial charge in [0.1, 0.15) is 0 Å². The number of benzene rings is 1. The lowest BCUT2D eigenvalue weighted by Gasteiger charge is -2.27. The van der Waals surface area contributed by atoms with Gasteiger partial charge in [0.15, 0.2) is 0 Å². The summed E-state index contributed by atoms with van der Waals surface area (Å²) >= 11 is 3.37. The molecule has 2 amide bonds. The van der Waals surface area contributed by atoms with Crippen molar-refractivity contribution in [2.45, 2.75) is 0 Å². The predicted octanol–water partition coefficient (Wildman–Crippen LogP) is 1.18. The van der Waals surface area contributed by atoms with Crippen LogP contribution in [0.25, 0.3) is 0 Å². The highest BCUT2D eigenvalue weighted by molar-refractivity contribution is 9.10. The largest absolute Gasteiger partial charge is 0.379 e. The summed E-state index contributed by atoms with van der Waals surface area (Å²) in [6.07, 6.45) is 0. The Labute approximate surface area is 138 Å². The van der Waals surface area contributed by atoms with Crippen molar-refractivity contribution in [3.63, 3.8) is 0 Å². The number of nitrogens with one attached hydrogen (secondary N) is 1. The van der Waals surface area contributed by atoms with Crippen LogP contribution in [0, 0.1) is 0 Å². The summed E-state index contributed by atoms with van der Waals surface area (Å²) in [6, 6.07) is 7.37. The number of rotatable bonds is 5. The Hall–Kier alpha value is -1.44. The molecule has 0 atom stereocenters. The third-order valence-electron chi connectivity index (χ3n) is 3.42. The van der Waals surface area contributed by atoms with Crippen LogP contribution in [-0.2, 0) is 14.3 Å². The number of morpholine rings is 1. The predicted molar refractivity (Wildman–Crippen MR) is 87.7 cm³/mol. The average Bonchev–Trinajstić information content (AvgIpc) is 2.50. The molecule has 7 heteroatoms. The molecule has 0 radical (unpaired) electrons. The Bertz CT molecular complexity index is 533. The van der Waals surface area contributed by atoms with Crippen molar-refractivity contribution in [2.75, 3.05) is 51.8 Å². The van der Waals surface area contributed by atoms with Gasteiger partial charge < -0.3 is 15.0 Å². The molecule has 0 spiro atoms. The molecule has 0 bridgehead atoms. The Morgan fingerprint density at radius 3 is 2.68 bits per heavy atom. The normalized spacial score (nSPS) is 15.4. The molecule has 0 unspecified atom stereocenters. The maximum Gasteiger partial charge on any atom is 0.244 e. The SMILES string of the molecule is CN(CC(=O)Nc1ccccc1Br)C(=O)CN1CCOCC1. The van der Waals surface area contributed by atoms with E-state index in [9.17, 15) is 9.59 Å². The Morgan fingerprint density at radius 1 is 1.32 bits per heavy atom. The average molecular weight is 370 g/mol. The molecule has 1 aliphatic rings. The van der Waals surface area contributed by atoms with Gasteiger partial charge in [0.25, 0.3) is 0 Å². The van der Waals surface area contributed by atoms with E-state index in [0.29, 0.717) is 25.4 Å². The number of carbonyl (C=O) groups is 2. The van der Waals surface area contributed by atoms with Gasteiger partial charge in [0.05, 0.1) is 32.0 Å². The molecule has 0 aromatic heterocycles. The molecule has 1 fully saturated rings. The van der Waals surface area contributed by atoms with Crippen molar-refractivity contribution in [1.29, 1.82) is 0 Å². The van der Waals surface area contributed by atoms with Gasteiger partial charge in [0, 0.05) is 24.6 Å². The summed E-state index contributed by atoms with van der Waals surface area (Å²) in [4.78, 5) is 27.6. The van der Waals surface area contributed by atoms with Crippen LogP contribution in [-0.4, -0.2) is 68.1 Å². The standard InChI is InChI=1S/C15H20BrN3O3/c1-18(15(21)11-19-6-8-22-9-7-19)10-14(20)17-13-5-3-2-4-12(13)16/h2-5H,6-11H2,1H3,(H,17,20). The zero-order valence-corrected chi connectivity index (χ0v) is 14.1. The van der Waals surface area contributed by atoms with Gasteiger partial charge in [-0.1, -0.05) is 12.1 Å². The van der Waals surface area contributed by atoms with Crippen molar-refractivity contribution >= 4 is 33.4 Å². The van der Waals surface area contributed by atoms with E-state index in [1.54, 1.807) is 13.1 Å². The Balaban J connectivity index is 1.80. The summed E-state index contributed by atoms with van der Waals surface area (Å²) in [5.74, 6) is -0.283. The molecule has 1 saturated heterocycles. The number of nitrogens with zero attached hydrogens (tertiary/aromatic N) is 2. The molecular weight excluding hydrogens is 350 g/mol. The van der Waals surface area contributed by atoms with Crippen molar-refractivity contribution < 1.29 is 14.3 Å². The summed E-state index contributed by atoms with van der Waals surface area (Å²) in [7, 11) is 1.64. The van der Waals surface area contributed by atoms with Crippen LogP contribution < -0.4 is 5.32 Å². The molecule has 120 valence electrons. The van der Waals surface area contributed by atoms with Crippen LogP contribution in [0.3, 0.4) is 0 Å². The molecule has 22 heavy (non-hydrogen) atoms. The number of ether oxygens (including phenoxy) is 1. The van der Waals surface area contributed by atoms with Crippen LogP contribution in [0.4, 0.5) is 5.69 Å². The number of likely N-dealkylation sites (N-methyl/N-ethyl adjacent to an activating group) is 1. The topological polar surface area (TPSA) is 61.9 Å². The minimum Gasteiger partial charge on any atom is -0.379 e. The summed E-state index contributed by atoms with van der Waals surface area (Å²) in [5.41, 5.74) is 0.696. The van der Waals surface area contributed by atoms with Gasteiger partial charge in [0.2, 0.25) is 11.8 Å². The maximum atomic E-state index is 12.1. The first-order valence-electron chi connectivity index (χ1n) is 7.14. The first-order chi connectivity index (χ1) is 10.6. The maximum absolute atomic E-state index is 12.1. The quantitative estimate of drug-likeness (QED) is 0.846. The van der Waals surface area contributed by atoms with E-state index in [1.807, 2.05) is 23.1 Å². The summed E-state index contributed by atoms with van der Waals surface area (Å²) in [6.45, 7) is 3.16. The third-order valence-corrected chi connectivity index (χ3v) is 4.11.